The molecule has 218 valence electrons. The molecule has 0 saturated heterocycles. The summed E-state index contributed by atoms with van der Waals surface area (Å²) < 4.78 is 12.1. The molecule has 0 spiro atoms. The van der Waals surface area contributed by atoms with E-state index >= 15 is 0 Å². The maximum absolute atomic E-state index is 14.1. The van der Waals surface area contributed by atoms with Gasteiger partial charge in [-0.3, -0.25) is 9.59 Å². The minimum atomic E-state index is -0.496. The molecule has 6 heteroatoms. The molecule has 0 unspecified atom stereocenters. The second kappa shape index (κ2) is 11.0. The van der Waals surface area contributed by atoms with E-state index in [4.69, 9.17) is 21.1 Å². The van der Waals surface area contributed by atoms with E-state index in [-0.39, 0.29) is 28.5 Å². The average Bonchev–Trinajstić information content (AvgIpc) is 2.86. The van der Waals surface area contributed by atoms with Crippen molar-refractivity contribution in [2.45, 2.75) is 92.7 Å². The van der Waals surface area contributed by atoms with Crippen LogP contribution >= 0.6 is 11.6 Å². The fourth-order valence-corrected chi connectivity index (χ4v) is 6.97. The summed E-state index contributed by atoms with van der Waals surface area (Å²) >= 11 is 6.87. The highest BCUT2D eigenvalue weighted by molar-refractivity contribution is 6.32. The average molecular weight is 576 g/mol. The van der Waals surface area contributed by atoms with Crippen molar-refractivity contribution in [3.63, 3.8) is 0 Å². The number of ether oxygens (including phenoxy) is 2. The molecule has 41 heavy (non-hydrogen) atoms. The molecule has 1 aliphatic heterocycles. The lowest BCUT2D eigenvalue weighted by molar-refractivity contribution is -0.119. The van der Waals surface area contributed by atoms with Crippen molar-refractivity contribution in [3.8, 4) is 11.5 Å². The predicted octanol–water partition coefficient (Wildman–Crippen LogP) is 8.41. The van der Waals surface area contributed by atoms with Crippen LogP contribution in [0.1, 0.15) is 91.2 Å². The summed E-state index contributed by atoms with van der Waals surface area (Å²) in [5, 5.41) is 0.419. The van der Waals surface area contributed by atoms with Gasteiger partial charge < -0.3 is 14.4 Å². The Morgan fingerprint density at radius 3 is 1.98 bits per heavy atom. The molecule has 1 heterocycles. The molecule has 0 fully saturated rings. The van der Waals surface area contributed by atoms with Crippen molar-refractivity contribution >= 4 is 23.2 Å². The molecule has 0 atom stereocenters. The van der Waals surface area contributed by atoms with Gasteiger partial charge in [0.1, 0.15) is 0 Å². The number of rotatable bonds is 7. The molecule has 0 saturated carbocycles. The minimum absolute atomic E-state index is 0.0910. The maximum Gasteiger partial charge on any atom is 0.180 e. The molecule has 0 aromatic heterocycles. The largest absolute Gasteiger partial charge is 0.490 e. The second-order valence-electron chi connectivity index (χ2n) is 13.5. The zero-order chi connectivity index (χ0) is 29.7. The molecule has 2 aliphatic carbocycles. The van der Waals surface area contributed by atoms with E-state index in [1.54, 1.807) is 0 Å². The standard InChI is InChI=1S/C35H42ClNO4/c1-8-40-29-15-23(14-24(36)33(29)41-21(2)3)30-31-25(16-34(4,5)18-27(31)38)37(20-22-12-10-9-11-13-22)26-17-35(6,7)19-28(39)32(26)30/h9-15,21,30H,8,16-20H2,1-7H3. The highest BCUT2D eigenvalue weighted by Crippen LogP contribution is 2.55. The lowest BCUT2D eigenvalue weighted by Gasteiger charge is -2.49. The summed E-state index contributed by atoms with van der Waals surface area (Å²) in [5.74, 6) is 0.723. The van der Waals surface area contributed by atoms with E-state index in [9.17, 15) is 9.59 Å². The Bertz CT molecular complexity index is 1380. The lowest BCUT2D eigenvalue weighted by atomic mass is 9.63. The SMILES string of the molecule is CCOc1cc(C2C3=C(CC(C)(C)CC3=O)N(Cc3ccccc3)C3=C2C(=O)CC(C)(C)C3)cc(Cl)c1OC(C)C. The van der Waals surface area contributed by atoms with Gasteiger partial charge in [0.2, 0.25) is 0 Å². The molecule has 0 amide bonds. The second-order valence-corrected chi connectivity index (χ2v) is 13.9. The summed E-state index contributed by atoms with van der Waals surface area (Å²) in [6.45, 7) is 15.5. The van der Waals surface area contributed by atoms with Gasteiger partial charge in [-0.1, -0.05) is 69.6 Å². The van der Waals surface area contributed by atoms with Crippen LogP contribution in [0, 0.1) is 10.8 Å². The highest BCUT2D eigenvalue weighted by Gasteiger charge is 2.49. The zero-order valence-corrected chi connectivity index (χ0v) is 26.2. The van der Waals surface area contributed by atoms with E-state index in [1.165, 1.54) is 0 Å². The number of hydrogen-bond acceptors (Lipinski definition) is 5. The molecule has 2 aromatic carbocycles. The van der Waals surface area contributed by atoms with Gasteiger partial charge in [-0.2, -0.15) is 0 Å². The molecule has 5 rings (SSSR count). The summed E-state index contributed by atoms with van der Waals surface area (Å²) in [6.07, 6.45) is 2.29. The number of benzene rings is 2. The first-order valence-electron chi connectivity index (χ1n) is 14.8. The predicted molar refractivity (Wildman–Crippen MR) is 163 cm³/mol. The first-order valence-corrected chi connectivity index (χ1v) is 15.1. The Balaban J connectivity index is 1.77. The Kier molecular flexibility index (Phi) is 7.88. The van der Waals surface area contributed by atoms with Crippen LogP contribution < -0.4 is 9.47 Å². The van der Waals surface area contributed by atoms with Crippen LogP contribution in [0.25, 0.3) is 0 Å². The molecular formula is C35H42ClNO4. The lowest BCUT2D eigenvalue weighted by Crippen LogP contribution is -2.44. The van der Waals surface area contributed by atoms with Gasteiger partial charge >= 0.3 is 0 Å². The summed E-state index contributed by atoms with van der Waals surface area (Å²) in [7, 11) is 0. The van der Waals surface area contributed by atoms with Crippen molar-refractivity contribution in [2.24, 2.45) is 10.8 Å². The highest BCUT2D eigenvalue weighted by atomic mass is 35.5. The quantitative estimate of drug-likeness (QED) is 0.332. The van der Waals surface area contributed by atoms with Crippen LogP contribution in [0.4, 0.5) is 0 Å². The smallest absolute Gasteiger partial charge is 0.180 e. The molecule has 2 aromatic rings. The van der Waals surface area contributed by atoms with Crippen molar-refractivity contribution in [1.29, 1.82) is 0 Å². The van der Waals surface area contributed by atoms with E-state index < -0.39 is 5.92 Å². The van der Waals surface area contributed by atoms with Crippen LogP contribution in [0.5, 0.6) is 11.5 Å². The molecule has 0 N–H and O–H groups in total. The monoisotopic (exact) mass is 575 g/mol. The van der Waals surface area contributed by atoms with Gasteiger partial charge in [0.05, 0.1) is 17.7 Å². The third kappa shape index (κ3) is 5.83. The molecule has 5 nitrogen and oxygen atoms in total. The van der Waals surface area contributed by atoms with Crippen molar-refractivity contribution < 1.29 is 19.1 Å². The van der Waals surface area contributed by atoms with E-state index in [2.05, 4.69) is 44.7 Å². The van der Waals surface area contributed by atoms with Crippen molar-refractivity contribution in [3.05, 3.63) is 81.2 Å². The Morgan fingerprint density at radius 2 is 1.46 bits per heavy atom. The van der Waals surface area contributed by atoms with Gasteiger partial charge in [-0.25, -0.2) is 0 Å². The minimum Gasteiger partial charge on any atom is -0.490 e. The van der Waals surface area contributed by atoms with E-state index in [0.717, 1.165) is 46.5 Å². The van der Waals surface area contributed by atoms with E-state index in [1.807, 2.05) is 51.1 Å². The summed E-state index contributed by atoms with van der Waals surface area (Å²) in [4.78, 5) is 30.6. The van der Waals surface area contributed by atoms with Crippen LogP contribution in [0.2, 0.25) is 5.02 Å². The van der Waals surface area contributed by atoms with Crippen LogP contribution in [-0.4, -0.2) is 29.2 Å². The van der Waals surface area contributed by atoms with Gasteiger partial charge in [0.15, 0.2) is 23.1 Å². The third-order valence-corrected chi connectivity index (χ3v) is 8.50. The summed E-state index contributed by atoms with van der Waals surface area (Å²) in [5.41, 5.74) is 5.08. The van der Waals surface area contributed by atoms with Gasteiger partial charge in [-0.05, 0) is 67.7 Å². The van der Waals surface area contributed by atoms with Crippen molar-refractivity contribution in [1.82, 2.24) is 4.90 Å². The summed E-state index contributed by atoms with van der Waals surface area (Å²) in [6, 6.07) is 14.1. The Labute approximate surface area is 249 Å². The number of nitrogens with zero attached hydrogens (tertiary/aromatic N) is 1. The topological polar surface area (TPSA) is 55.8 Å². The number of ketones is 2. The number of allylic oxidation sites excluding steroid dienone is 4. The van der Waals surface area contributed by atoms with Crippen LogP contribution in [-0.2, 0) is 16.1 Å². The van der Waals surface area contributed by atoms with Gasteiger partial charge in [-0.15, -0.1) is 0 Å². The number of carbonyl (C=O) groups is 2. The number of halogens is 1. The Hall–Kier alpha value is -3.05. The number of Topliss-reactive ketones (excluding diaryl/α,β-unsaturated/α-hetero) is 2. The third-order valence-electron chi connectivity index (χ3n) is 8.22. The molecular weight excluding hydrogens is 534 g/mol. The van der Waals surface area contributed by atoms with Crippen LogP contribution in [0.3, 0.4) is 0 Å². The van der Waals surface area contributed by atoms with E-state index in [0.29, 0.717) is 42.5 Å². The van der Waals surface area contributed by atoms with Crippen molar-refractivity contribution in [2.75, 3.05) is 6.61 Å². The first-order chi connectivity index (χ1) is 19.3. The molecule has 0 radical (unpaired) electrons. The molecule has 3 aliphatic rings. The van der Waals surface area contributed by atoms with Crippen LogP contribution in [0.15, 0.2) is 65.0 Å². The molecule has 0 bridgehead atoms. The fourth-order valence-electron chi connectivity index (χ4n) is 6.71. The fraction of sp³-hybridized carbons (Fsp3) is 0.486. The van der Waals surface area contributed by atoms with Gasteiger partial charge in [0.25, 0.3) is 0 Å². The first kappa shape index (κ1) is 29.4. The normalized spacial score (nSPS) is 20.4. The zero-order valence-electron chi connectivity index (χ0n) is 25.4. The Morgan fingerprint density at radius 1 is 0.902 bits per heavy atom. The number of hydrogen-bond donors (Lipinski definition) is 0. The maximum atomic E-state index is 14.1. The number of carbonyl (C=O) groups excluding carboxylic acids is 2. The van der Waals surface area contributed by atoms with Gasteiger partial charge in [0, 0.05) is 47.8 Å².